The summed E-state index contributed by atoms with van der Waals surface area (Å²) in [6.07, 6.45) is 5.69. The molecule has 1 amide bonds. The van der Waals surface area contributed by atoms with Crippen LogP contribution in [-0.4, -0.2) is 51.1 Å². The molecule has 1 unspecified atom stereocenters. The highest BCUT2D eigenvalue weighted by Gasteiger charge is 2.24. The zero-order valence-corrected chi connectivity index (χ0v) is 18.2. The van der Waals surface area contributed by atoms with Crippen molar-refractivity contribution >= 4 is 33.4 Å². The number of carbonyl (C=O) groups excluding carboxylic acids is 1. The van der Waals surface area contributed by atoms with Gasteiger partial charge in [-0.3, -0.25) is 9.78 Å². The number of aromatic nitrogens is 3. The third kappa shape index (κ3) is 5.48. The van der Waals surface area contributed by atoms with Crippen molar-refractivity contribution in [1.29, 1.82) is 0 Å². The van der Waals surface area contributed by atoms with Gasteiger partial charge in [-0.05, 0) is 42.8 Å². The fourth-order valence-electron chi connectivity index (χ4n) is 3.05. The van der Waals surface area contributed by atoms with Crippen LogP contribution in [0.25, 0.3) is 10.2 Å². The maximum absolute atomic E-state index is 12.9. The van der Waals surface area contributed by atoms with Crippen LogP contribution in [0.3, 0.4) is 0 Å². The molecule has 1 fully saturated rings. The molecule has 0 aromatic carbocycles. The molecule has 29 heavy (non-hydrogen) atoms. The number of pyridine rings is 1. The molecule has 0 aliphatic carbocycles. The zero-order valence-electron chi connectivity index (χ0n) is 17.4. The van der Waals surface area contributed by atoms with Gasteiger partial charge in [0.1, 0.15) is 0 Å². The predicted octanol–water partition coefficient (Wildman–Crippen LogP) is 4.13. The summed E-state index contributed by atoms with van der Waals surface area (Å²) in [5, 5.41) is 12.3. The Morgan fingerprint density at radius 2 is 1.93 bits per heavy atom. The Bertz CT molecular complexity index is 894. The van der Waals surface area contributed by atoms with Crippen LogP contribution in [0.5, 0.6) is 0 Å². The van der Waals surface area contributed by atoms with Gasteiger partial charge in [0.2, 0.25) is 5.95 Å². The Hall–Kier alpha value is -2.58. The molecular formula is C21H29N5O2S. The summed E-state index contributed by atoms with van der Waals surface area (Å²) in [7, 11) is 1.00. The molecule has 156 valence electrons. The zero-order chi connectivity index (χ0) is 21.2. The third-order valence-electron chi connectivity index (χ3n) is 4.43. The normalized spacial score (nSPS) is 13.8. The predicted molar refractivity (Wildman–Crippen MR) is 118 cm³/mol. The summed E-state index contributed by atoms with van der Waals surface area (Å²) < 4.78 is 0.858. The number of aliphatic hydroxyl groups is 1. The van der Waals surface area contributed by atoms with E-state index in [2.05, 4.69) is 20.3 Å². The van der Waals surface area contributed by atoms with Crippen molar-refractivity contribution < 1.29 is 9.90 Å². The van der Waals surface area contributed by atoms with Gasteiger partial charge in [-0.1, -0.05) is 19.9 Å². The second-order valence-corrected chi connectivity index (χ2v) is 7.10. The number of likely N-dealkylation sites (tertiary alicyclic amines) is 1. The fraction of sp³-hybridized carbons (Fsp3) is 0.429. The maximum Gasteiger partial charge on any atom is 0.274 e. The van der Waals surface area contributed by atoms with Crippen molar-refractivity contribution in [1.82, 2.24) is 19.9 Å². The number of hydrogen-bond donors (Lipinski definition) is 2. The number of fused-ring (bicyclic) bond motifs is 1. The van der Waals surface area contributed by atoms with Crippen molar-refractivity contribution in [3.05, 3.63) is 47.2 Å². The number of rotatable bonds is 4. The molecule has 1 aliphatic rings. The molecule has 1 saturated heterocycles. The van der Waals surface area contributed by atoms with E-state index in [1.807, 2.05) is 55.4 Å². The van der Waals surface area contributed by atoms with E-state index in [1.165, 1.54) is 11.3 Å². The Morgan fingerprint density at radius 3 is 2.59 bits per heavy atom. The van der Waals surface area contributed by atoms with E-state index in [0.29, 0.717) is 11.6 Å². The lowest BCUT2D eigenvalue weighted by atomic mass is 10.1. The van der Waals surface area contributed by atoms with E-state index in [4.69, 9.17) is 5.11 Å². The topological polar surface area (TPSA) is 91.2 Å². The number of thiophene rings is 1. The van der Waals surface area contributed by atoms with Crippen molar-refractivity contribution in [3.8, 4) is 0 Å². The SMILES string of the molecule is CC.CC(Nc1nc(C(=O)N2CCCC2)c2sccc2n1)c1cccnc1.CO. The van der Waals surface area contributed by atoms with E-state index >= 15 is 0 Å². The monoisotopic (exact) mass is 415 g/mol. The van der Waals surface area contributed by atoms with Crippen molar-refractivity contribution in [2.24, 2.45) is 0 Å². The number of aliphatic hydroxyl groups excluding tert-OH is 1. The van der Waals surface area contributed by atoms with E-state index in [9.17, 15) is 4.79 Å². The fourth-order valence-corrected chi connectivity index (χ4v) is 3.86. The first-order chi connectivity index (χ1) is 14.2. The largest absolute Gasteiger partial charge is 0.400 e. The molecule has 7 nitrogen and oxygen atoms in total. The van der Waals surface area contributed by atoms with Gasteiger partial charge in [0, 0.05) is 32.6 Å². The smallest absolute Gasteiger partial charge is 0.274 e. The molecular weight excluding hydrogens is 386 g/mol. The second kappa shape index (κ2) is 11.4. The molecule has 1 aliphatic heterocycles. The van der Waals surface area contributed by atoms with Gasteiger partial charge in [-0.2, -0.15) is 0 Å². The van der Waals surface area contributed by atoms with E-state index in [0.717, 1.165) is 48.8 Å². The van der Waals surface area contributed by atoms with Crippen molar-refractivity contribution in [2.45, 2.75) is 39.7 Å². The van der Waals surface area contributed by atoms with Crippen molar-refractivity contribution in [2.75, 3.05) is 25.5 Å². The summed E-state index contributed by atoms with van der Waals surface area (Å²) >= 11 is 1.51. The lowest BCUT2D eigenvalue weighted by Gasteiger charge is -2.17. The number of amides is 1. The van der Waals surface area contributed by atoms with E-state index in [1.54, 1.807) is 6.20 Å². The second-order valence-electron chi connectivity index (χ2n) is 6.18. The minimum Gasteiger partial charge on any atom is -0.400 e. The van der Waals surface area contributed by atoms with E-state index < -0.39 is 0 Å². The molecule has 0 spiro atoms. The first-order valence-electron chi connectivity index (χ1n) is 9.88. The number of nitrogens with one attached hydrogen (secondary N) is 1. The molecule has 3 aromatic rings. The summed E-state index contributed by atoms with van der Waals surface area (Å²) in [4.78, 5) is 28.0. The van der Waals surface area contributed by atoms with Gasteiger partial charge >= 0.3 is 0 Å². The van der Waals surface area contributed by atoms with Gasteiger partial charge in [-0.25, -0.2) is 9.97 Å². The molecule has 4 rings (SSSR count). The average Bonchev–Trinajstić information content (AvgIpc) is 3.48. The van der Waals surface area contributed by atoms with Crippen LogP contribution < -0.4 is 5.32 Å². The summed E-state index contributed by atoms with van der Waals surface area (Å²) in [6.45, 7) is 7.65. The number of nitrogens with zero attached hydrogens (tertiary/aromatic N) is 4. The van der Waals surface area contributed by atoms with Gasteiger partial charge in [0.25, 0.3) is 5.91 Å². The molecule has 0 radical (unpaired) electrons. The maximum atomic E-state index is 12.9. The number of anilines is 1. The highest BCUT2D eigenvalue weighted by molar-refractivity contribution is 7.17. The minimum absolute atomic E-state index is 0.000440. The molecule has 4 heterocycles. The third-order valence-corrected chi connectivity index (χ3v) is 5.34. The first kappa shape index (κ1) is 22.7. The summed E-state index contributed by atoms with van der Waals surface area (Å²) in [6, 6.07) is 5.84. The Morgan fingerprint density at radius 1 is 1.21 bits per heavy atom. The van der Waals surface area contributed by atoms with Crippen LogP contribution in [0.2, 0.25) is 0 Å². The Kier molecular flexibility index (Phi) is 8.95. The summed E-state index contributed by atoms with van der Waals surface area (Å²) in [5.41, 5.74) is 2.36. The lowest BCUT2D eigenvalue weighted by Crippen LogP contribution is -2.28. The molecule has 8 heteroatoms. The van der Waals surface area contributed by atoms with E-state index in [-0.39, 0.29) is 11.9 Å². The van der Waals surface area contributed by atoms with Gasteiger partial charge in [0.05, 0.1) is 16.3 Å². The molecule has 0 saturated carbocycles. The minimum atomic E-state index is -0.000440. The van der Waals surface area contributed by atoms with Crippen LogP contribution in [-0.2, 0) is 0 Å². The lowest BCUT2D eigenvalue weighted by molar-refractivity contribution is 0.0789. The number of carbonyl (C=O) groups is 1. The summed E-state index contributed by atoms with van der Waals surface area (Å²) in [5.74, 6) is 0.481. The van der Waals surface area contributed by atoms with Crippen molar-refractivity contribution in [3.63, 3.8) is 0 Å². The molecule has 3 aromatic heterocycles. The highest BCUT2D eigenvalue weighted by Crippen LogP contribution is 2.27. The number of hydrogen-bond acceptors (Lipinski definition) is 7. The first-order valence-corrected chi connectivity index (χ1v) is 10.8. The molecule has 1 atom stereocenters. The van der Waals surface area contributed by atoms with Gasteiger partial charge in [-0.15, -0.1) is 11.3 Å². The highest BCUT2D eigenvalue weighted by atomic mass is 32.1. The molecule has 0 bridgehead atoms. The van der Waals surface area contributed by atoms with Crippen LogP contribution in [0.15, 0.2) is 36.0 Å². The van der Waals surface area contributed by atoms with Crippen LogP contribution in [0.1, 0.15) is 55.7 Å². The van der Waals surface area contributed by atoms with Crippen LogP contribution in [0.4, 0.5) is 5.95 Å². The van der Waals surface area contributed by atoms with Gasteiger partial charge < -0.3 is 15.3 Å². The standard InChI is InChI=1S/C18H19N5OS.C2H6.CH4O/c1-12(13-5-4-7-19-11-13)20-18-21-14-6-10-25-16(14)15(22-18)17(24)23-8-2-3-9-23;2*1-2/h4-7,10-12H,2-3,8-9H2,1H3,(H,20,21,22);1-2H3;2H,1H3. The van der Waals surface area contributed by atoms with Crippen LogP contribution in [0, 0.1) is 0 Å². The average molecular weight is 416 g/mol. The van der Waals surface area contributed by atoms with Gasteiger partial charge in [0.15, 0.2) is 5.69 Å². The van der Waals surface area contributed by atoms with Crippen LogP contribution >= 0.6 is 11.3 Å². The quantitative estimate of drug-likeness (QED) is 0.666. The Balaban J connectivity index is 0.000000707. The Labute approximate surface area is 175 Å². The molecule has 2 N–H and O–H groups in total.